The highest BCUT2D eigenvalue weighted by Gasteiger charge is 2.80. The summed E-state index contributed by atoms with van der Waals surface area (Å²) in [6.45, 7) is 16.1. The molecule has 1 N–H and O–H groups in total. The highest BCUT2D eigenvalue weighted by Crippen LogP contribution is 2.74. The number of rotatable bonds is 5. The Labute approximate surface area is 240 Å². The molecule has 0 saturated heterocycles. The standard InChI is InChI=1S/C30H42O11/c1-13-19-10-20(37-14(2)31)24-29(9)22(38-15(3)32)11-21(36)28(7,8)25(29)23(39-16(4)33)27(41-18(6)35)30(24,12-19)26(13)40-17(5)34/h19-27,36H,1,10-12H2,2-9H3/t19?,20?,21?,22?,23?,24?,25?,26?,27?,29-,30-/m0/s1. The number of aliphatic hydroxyl groups excluding tert-OH is 1. The Morgan fingerprint density at radius 1 is 0.756 bits per heavy atom. The molecule has 228 valence electrons. The molecule has 0 radical (unpaired) electrons. The average molecular weight is 579 g/mol. The van der Waals surface area contributed by atoms with Crippen LogP contribution >= 0.6 is 0 Å². The van der Waals surface area contributed by atoms with Gasteiger partial charge in [-0.1, -0.05) is 27.4 Å². The summed E-state index contributed by atoms with van der Waals surface area (Å²) in [6.07, 6.45) is -5.23. The summed E-state index contributed by atoms with van der Waals surface area (Å²) < 4.78 is 30.0. The van der Waals surface area contributed by atoms with E-state index in [-0.39, 0.29) is 12.3 Å². The molecule has 9 unspecified atom stereocenters. The molecule has 11 heteroatoms. The monoisotopic (exact) mass is 578 g/mol. The lowest BCUT2D eigenvalue weighted by molar-refractivity contribution is -0.325. The predicted octanol–water partition coefficient (Wildman–Crippen LogP) is 2.65. The summed E-state index contributed by atoms with van der Waals surface area (Å²) in [5.74, 6) is -4.75. The smallest absolute Gasteiger partial charge is 0.303 e. The summed E-state index contributed by atoms with van der Waals surface area (Å²) >= 11 is 0. The van der Waals surface area contributed by atoms with Gasteiger partial charge >= 0.3 is 29.8 Å². The van der Waals surface area contributed by atoms with Crippen molar-refractivity contribution >= 4 is 29.8 Å². The number of aliphatic hydroxyl groups is 1. The molecule has 4 aliphatic rings. The molecule has 11 nitrogen and oxygen atoms in total. The normalized spacial score (nSPS) is 42.2. The van der Waals surface area contributed by atoms with Crippen LogP contribution < -0.4 is 0 Å². The van der Waals surface area contributed by atoms with Gasteiger partial charge < -0.3 is 28.8 Å². The summed E-state index contributed by atoms with van der Waals surface area (Å²) in [5.41, 5.74) is -2.77. The van der Waals surface area contributed by atoms with Crippen molar-refractivity contribution in [1.29, 1.82) is 0 Å². The molecule has 0 aromatic heterocycles. The largest absolute Gasteiger partial charge is 0.462 e. The Kier molecular flexibility index (Phi) is 7.86. The van der Waals surface area contributed by atoms with Crippen LogP contribution in [0.5, 0.6) is 0 Å². The Hall–Kier alpha value is -2.95. The minimum absolute atomic E-state index is 0.0621. The van der Waals surface area contributed by atoms with Crippen molar-refractivity contribution in [2.24, 2.45) is 34.0 Å². The minimum Gasteiger partial charge on any atom is -0.462 e. The molecule has 1 spiro atoms. The van der Waals surface area contributed by atoms with Crippen LogP contribution in [0.15, 0.2) is 12.2 Å². The topological polar surface area (TPSA) is 152 Å². The molecular formula is C30H42O11. The van der Waals surface area contributed by atoms with E-state index < -0.39 is 94.6 Å². The number of ether oxygens (including phenoxy) is 5. The van der Waals surface area contributed by atoms with E-state index in [1.807, 2.05) is 20.8 Å². The van der Waals surface area contributed by atoms with Crippen LogP contribution in [0.3, 0.4) is 0 Å². The molecule has 0 aromatic rings. The highest BCUT2D eigenvalue weighted by atomic mass is 16.6. The minimum atomic E-state index is -1.26. The number of fused-ring (bicyclic) bond motifs is 3. The predicted molar refractivity (Wildman–Crippen MR) is 142 cm³/mol. The molecule has 11 atom stereocenters. The van der Waals surface area contributed by atoms with E-state index >= 15 is 0 Å². The lowest BCUT2D eigenvalue weighted by Crippen LogP contribution is -2.77. The van der Waals surface area contributed by atoms with Crippen molar-refractivity contribution in [2.45, 2.75) is 111 Å². The van der Waals surface area contributed by atoms with E-state index in [1.54, 1.807) is 0 Å². The van der Waals surface area contributed by atoms with E-state index in [1.165, 1.54) is 34.6 Å². The van der Waals surface area contributed by atoms with Gasteiger partial charge in [-0.25, -0.2) is 0 Å². The highest BCUT2D eigenvalue weighted by molar-refractivity contribution is 5.69. The summed E-state index contributed by atoms with van der Waals surface area (Å²) in [7, 11) is 0. The lowest BCUT2D eigenvalue weighted by Gasteiger charge is -2.70. The second-order valence-corrected chi connectivity index (χ2v) is 13.1. The molecule has 0 aromatic carbocycles. The summed E-state index contributed by atoms with van der Waals surface area (Å²) in [4.78, 5) is 63.0. The fraction of sp³-hybridized carbons (Fsp3) is 0.767. The third kappa shape index (κ3) is 4.73. The zero-order valence-electron chi connectivity index (χ0n) is 25.1. The van der Waals surface area contributed by atoms with Gasteiger partial charge in [0.25, 0.3) is 0 Å². The molecule has 4 aliphatic carbocycles. The van der Waals surface area contributed by atoms with Crippen LogP contribution in [-0.4, -0.2) is 71.6 Å². The number of esters is 5. The van der Waals surface area contributed by atoms with Crippen LogP contribution in [0.25, 0.3) is 0 Å². The van der Waals surface area contributed by atoms with Crippen molar-refractivity contribution in [3.05, 3.63) is 12.2 Å². The Balaban J connectivity index is 2.13. The second kappa shape index (κ2) is 10.4. The third-order valence-electron chi connectivity index (χ3n) is 10.2. The van der Waals surface area contributed by atoms with Crippen molar-refractivity contribution in [3.8, 4) is 0 Å². The molecule has 4 rings (SSSR count). The number of carbonyl (C=O) groups excluding carboxylic acids is 5. The van der Waals surface area contributed by atoms with Crippen molar-refractivity contribution < 1.29 is 52.8 Å². The quantitative estimate of drug-likeness (QED) is 0.291. The van der Waals surface area contributed by atoms with Crippen molar-refractivity contribution in [3.63, 3.8) is 0 Å². The van der Waals surface area contributed by atoms with E-state index in [9.17, 15) is 29.1 Å². The van der Waals surface area contributed by atoms with Crippen LogP contribution in [0, 0.1) is 34.0 Å². The maximum Gasteiger partial charge on any atom is 0.303 e. The van der Waals surface area contributed by atoms with Gasteiger partial charge in [0.15, 0.2) is 0 Å². The van der Waals surface area contributed by atoms with Gasteiger partial charge in [-0.3, -0.25) is 24.0 Å². The Morgan fingerprint density at radius 2 is 1.29 bits per heavy atom. The Bertz CT molecular complexity index is 1160. The van der Waals surface area contributed by atoms with Gasteiger partial charge in [-0.2, -0.15) is 0 Å². The molecule has 0 amide bonds. The number of carbonyl (C=O) groups is 5. The van der Waals surface area contributed by atoms with Crippen LogP contribution in [0.2, 0.25) is 0 Å². The first-order valence-electron chi connectivity index (χ1n) is 14.1. The molecule has 2 bridgehead atoms. The van der Waals surface area contributed by atoms with E-state index in [2.05, 4.69) is 6.58 Å². The molecular weight excluding hydrogens is 536 g/mol. The van der Waals surface area contributed by atoms with E-state index in [4.69, 9.17) is 23.7 Å². The SMILES string of the molecule is C=C1C2CC(OC(C)=O)C3[C@]4(C)C(OC(C)=O)CC(O)C(C)(C)C4C(OC(C)=O)C(OC(C)=O)[C@]3(C2)C1OC(C)=O. The fourth-order valence-electron chi connectivity index (χ4n) is 9.29. The number of hydrogen-bond acceptors (Lipinski definition) is 11. The van der Waals surface area contributed by atoms with Crippen LogP contribution in [0.4, 0.5) is 0 Å². The van der Waals surface area contributed by atoms with Crippen LogP contribution in [-0.2, 0) is 47.7 Å². The lowest BCUT2D eigenvalue weighted by atomic mass is 9.37. The van der Waals surface area contributed by atoms with Gasteiger partial charge in [0.1, 0.15) is 30.5 Å². The molecule has 4 saturated carbocycles. The first-order chi connectivity index (χ1) is 18.9. The second-order valence-electron chi connectivity index (χ2n) is 13.1. The number of hydrogen-bond donors (Lipinski definition) is 1. The van der Waals surface area contributed by atoms with Gasteiger partial charge in [-0.15, -0.1) is 0 Å². The van der Waals surface area contributed by atoms with Crippen molar-refractivity contribution in [1.82, 2.24) is 0 Å². The van der Waals surface area contributed by atoms with E-state index in [0.29, 0.717) is 18.4 Å². The zero-order chi connectivity index (χ0) is 30.8. The van der Waals surface area contributed by atoms with E-state index in [0.717, 1.165) is 0 Å². The molecule has 0 aliphatic heterocycles. The summed E-state index contributed by atoms with van der Waals surface area (Å²) in [6, 6.07) is 0. The van der Waals surface area contributed by atoms with Gasteiger partial charge in [-0.05, 0) is 29.7 Å². The zero-order valence-corrected chi connectivity index (χ0v) is 25.1. The van der Waals surface area contributed by atoms with Gasteiger partial charge in [0.05, 0.1) is 11.5 Å². The Morgan fingerprint density at radius 3 is 1.80 bits per heavy atom. The molecule has 0 heterocycles. The maximum atomic E-state index is 12.7. The first-order valence-corrected chi connectivity index (χ1v) is 14.1. The summed E-state index contributed by atoms with van der Waals surface area (Å²) in [5, 5.41) is 11.4. The van der Waals surface area contributed by atoms with Gasteiger partial charge in [0, 0.05) is 58.3 Å². The maximum absolute atomic E-state index is 12.7. The fourth-order valence-corrected chi connectivity index (χ4v) is 9.29. The molecule has 4 fully saturated rings. The molecule has 41 heavy (non-hydrogen) atoms. The van der Waals surface area contributed by atoms with Crippen LogP contribution in [0.1, 0.15) is 74.7 Å². The first kappa shape index (κ1) is 31.0. The van der Waals surface area contributed by atoms with Gasteiger partial charge in [0.2, 0.25) is 0 Å². The van der Waals surface area contributed by atoms with Crippen molar-refractivity contribution in [2.75, 3.05) is 0 Å². The average Bonchev–Trinajstić information content (AvgIpc) is 3.00. The third-order valence-corrected chi connectivity index (χ3v) is 10.2.